The molecule has 0 bridgehead atoms. The lowest BCUT2D eigenvalue weighted by molar-refractivity contribution is -0.137. The molecule has 5 heteroatoms. The molecule has 0 saturated carbocycles. The van der Waals surface area contributed by atoms with Crippen molar-refractivity contribution in [3.63, 3.8) is 0 Å². The average Bonchev–Trinajstić information content (AvgIpc) is 2.78. The SMILES string of the molecule is COc1cc(C=O)ccc1OCCCCCC=CCC=CCCCCCCCC(=O)O. The van der Waals surface area contributed by atoms with Gasteiger partial charge in [-0.1, -0.05) is 43.6 Å². The third-order valence-electron chi connectivity index (χ3n) is 4.96. The van der Waals surface area contributed by atoms with Gasteiger partial charge in [0.25, 0.3) is 0 Å². The molecule has 0 unspecified atom stereocenters. The van der Waals surface area contributed by atoms with E-state index < -0.39 is 5.97 Å². The maximum atomic E-state index is 10.8. The Morgan fingerprint density at radius 2 is 1.52 bits per heavy atom. The van der Waals surface area contributed by atoms with Crippen LogP contribution < -0.4 is 9.47 Å². The summed E-state index contributed by atoms with van der Waals surface area (Å²) in [6.45, 7) is 0.642. The Kier molecular flexibility index (Phi) is 15.6. The quantitative estimate of drug-likeness (QED) is 0.149. The maximum absolute atomic E-state index is 10.8. The van der Waals surface area contributed by atoms with Gasteiger partial charge in [0.2, 0.25) is 0 Å². The van der Waals surface area contributed by atoms with E-state index in [1.165, 1.54) is 12.8 Å². The van der Waals surface area contributed by atoms with Gasteiger partial charge < -0.3 is 14.6 Å². The fourth-order valence-electron chi connectivity index (χ4n) is 3.18. The zero-order chi connectivity index (χ0) is 22.6. The van der Waals surface area contributed by atoms with Crippen molar-refractivity contribution in [2.45, 2.75) is 77.0 Å². The first kappa shape index (κ1) is 26.5. The molecule has 31 heavy (non-hydrogen) atoms. The van der Waals surface area contributed by atoms with Gasteiger partial charge in [0.15, 0.2) is 11.5 Å². The molecule has 0 saturated heterocycles. The van der Waals surface area contributed by atoms with Crippen molar-refractivity contribution in [1.29, 1.82) is 0 Å². The number of methoxy groups -OCH3 is 1. The van der Waals surface area contributed by atoms with E-state index in [1.807, 2.05) is 0 Å². The van der Waals surface area contributed by atoms with Crippen molar-refractivity contribution in [2.75, 3.05) is 13.7 Å². The van der Waals surface area contributed by atoms with E-state index in [2.05, 4.69) is 24.3 Å². The van der Waals surface area contributed by atoms with Gasteiger partial charge in [-0.3, -0.25) is 9.59 Å². The summed E-state index contributed by atoms with van der Waals surface area (Å²) in [7, 11) is 1.58. The van der Waals surface area contributed by atoms with E-state index in [0.29, 0.717) is 30.1 Å². The highest BCUT2D eigenvalue weighted by molar-refractivity contribution is 5.76. The maximum Gasteiger partial charge on any atom is 0.303 e. The summed E-state index contributed by atoms with van der Waals surface area (Å²) >= 11 is 0. The van der Waals surface area contributed by atoms with Crippen molar-refractivity contribution >= 4 is 12.3 Å². The molecule has 0 aliphatic rings. The van der Waals surface area contributed by atoms with Gasteiger partial charge in [0.1, 0.15) is 6.29 Å². The van der Waals surface area contributed by atoms with Crippen LogP contribution in [-0.4, -0.2) is 31.1 Å². The molecule has 1 aromatic carbocycles. The molecule has 0 heterocycles. The minimum atomic E-state index is -0.690. The molecule has 5 nitrogen and oxygen atoms in total. The lowest BCUT2D eigenvalue weighted by atomic mass is 10.1. The first-order valence-corrected chi connectivity index (χ1v) is 11.4. The first-order chi connectivity index (χ1) is 15.2. The van der Waals surface area contributed by atoms with Gasteiger partial charge in [-0.05, 0) is 69.6 Å². The van der Waals surface area contributed by atoms with Crippen molar-refractivity contribution in [3.8, 4) is 11.5 Å². The first-order valence-electron chi connectivity index (χ1n) is 11.4. The molecule has 0 spiro atoms. The summed E-state index contributed by atoms with van der Waals surface area (Å²) in [6, 6.07) is 5.20. The predicted octanol–water partition coefficient (Wildman–Crippen LogP) is 6.76. The largest absolute Gasteiger partial charge is 0.493 e. The van der Waals surface area contributed by atoms with Gasteiger partial charge in [-0.25, -0.2) is 0 Å². The predicted molar refractivity (Wildman–Crippen MR) is 125 cm³/mol. The van der Waals surface area contributed by atoms with Crippen molar-refractivity contribution in [3.05, 3.63) is 48.1 Å². The van der Waals surface area contributed by atoms with Gasteiger partial charge >= 0.3 is 5.97 Å². The van der Waals surface area contributed by atoms with Crippen LogP contribution in [0.1, 0.15) is 87.4 Å². The summed E-state index contributed by atoms with van der Waals surface area (Å²) in [5.41, 5.74) is 0.579. The van der Waals surface area contributed by atoms with Crippen LogP contribution in [0.3, 0.4) is 0 Å². The number of aliphatic carboxylic acids is 1. The molecule has 172 valence electrons. The number of aldehydes is 1. The summed E-state index contributed by atoms with van der Waals surface area (Å²) in [5.74, 6) is 0.583. The number of ether oxygens (including phenoxy) is 2. The minimum absolute atomic E-state index is 0.299. The fraction of sp³-hybridized carbons (Fsp3) is 0.538. The molecular weight excluding hydrogens is 392 g/mol. The Hall–Kier alpha value is -2.56. The molecule has 0 aliphatic heterocycles. The number of hydrogen-bond donors (Lipinski definition) is 1. The van der Waals surface area contributed by atoms with E-state index in [4.69, 9.17) is 14.6 Å². The van der Waals surface area contributed by atoms with Crippen molar-refractivity contribution in [1.82, 2.24) is 0 Å². The summed E-state index contributed by atoms with van der Waals surface area (Å²) in [4.78, 5) is 21.2. The second kappa shape index (κ2) is 18.2. The number of allylic oxidation sites excluding steroid dienone is 4. The number of rotatable bonds is 19. The molecule has 1 N–H and O–H groups in total. The summed E-state index contributed by atoms with van der Waals surface area (Å²) in [6.07, 6.45) is 21.8. The van der Waals surface area contributed by atoms with Crippen LogP contribution in [0, 0.1) is 0 Å². The van der Waals surface area contributed by atoms with Crippen molar-refractivity contribution < 1.29 is 24.2 Å². The number of carbonyl (C=O) groups is 2. The molecule has 0 amide bonds. The molecule has 0 aromatic heterocycles. The molecule has 1 aromatic rings. The highest BCUT2D eigenvalue weighted by Gasteiger charge is 2.05. The second-order valence-corrected chi connectivity index (χ2v) is 7.60. The number of unbranched alkanes of at least 4 members (excludes halogenated alkanes) is 8. The van der Waals surface area contributed by atoms with E-state index >= 15 is 0 Å². The highest BCUT2D eigenvalue weighted by Crippen LogP contribution is 2.27. The zero-order valence-corrected chi connectivity index (χ0v) is 18.9. The molecule has 0 radical (unpaired) electrons. The zero-order valence-electron chi connectivity index (χ0n) is 18.9. The molecular formula is C26H38O5. The van der Waals surface area contributed by atoms with E-state index in [-0.39, 0.29) is 0 Å². The minimum Gasteiger partial charge on any atom is -0.493 e. The average molecular weight is 431 g/mol. The molecule has 0 fully saturated rings. The van der Waals surface area contributed by atoms with Crippen LogP contribution in [0.2, 0.25) is 0 Å². The number of carboxylic acids is 1. The highest BCUT2D eigenvalue weighted by atomic mass is 16.5. The van der Waals surface area contributed by atoms with Crippen LogP contribution in [0.4, 0.5) is 0 Å². The van der Waals surface area contributed by atoms with E-state index in [1.54, 1.807) is 25.3 Å². The standard InChI is InChI=1S/C26H38O5/c1-30-25-21-23(22-27)18-19-24(25)31-20-16-14-12-10-8-6-4-2-3-5-7-9-11-13-15-17-26(28)29/h2-3,6,8,18-19,21-22H,4-5,7,9-17,20H2,1H3,(H,28,29). The van der Waals surface area contributed by atoms with Crippen LogP contribution >= 0.6 is 0 Å². The third-order valence-corrected chi connectivity index (χ3v) is 4.96. The van der Waals surface area contributed by atoms with Crippen molar-refractivity contribution in [2.24, 2.45) is 0 Å². The van der Waals surface area contributed by atoms with E-state index in [0.717, 1.165) is 64.1 Å². The molecule has 1 rings (SSSR count). The fourth-order valence-corrected chi connectivity index (χ4v) is 3.18. The van der Waals surface area contributed by atoms with E-state index in [9.17, 15) is 9.59 Å². The molecule has 0 atom stereocenters. The Balaban J connectivity index is 1.95. The van der Waals surface area contributed by atoms with Crippen LogP contribution in [0.25, 0.3) is 0 Å². The number of carbonyl (C=O) groups excluding carboxylic acids is 1. The number of benzene rings is 1. The van der Waals surface area contributed by atoms with Gasteiger partial charge in [-0.2, -0.15) is 0 Å². The topological polar surface area (TPSA) is 72.8 Å². The lowest BCUT2D eigenvalue weighted by Crippen LogP contribution is -1.99. The normalized spacial score (nSPS) is 11.3. The monoisotopic (exact) mass is 430 g/mol. The third kappa shape index (κ3) is 14.1. The molecule has 0 aliphatic carbocycles. The smallest absolute Gasteiger partial charge is 0.303 e. The van der Waals surface area contributed by atoms with Crippen LogP contribution in [0.5, 0.6) is 11.5 Å². The Morgan fingerprint density at radius 1 is 0.871 bits per heavy atom. The Labute approximate surface area is 187 Å². The number of carboxylic acid groups (broad SMARTS) is 1. The van der Waals surface area contributed by atoms with Gasteiger partial charge in [0.05, 0.1) is 13.7 Å². The van der Waals surface area contributed by atoms with Gasteiger partial charge in [0, 0.05) is 12.0 Å². The summed E-state index contributed by atoms with van der Waals surface area (Å²) < 4.78 is 11.0. The second-order valence-electron chi connectivity index (χ2n) is 7.60. The van der Waals surface area contributed by atoms with Crippen LogP contribution in [-0.2, 0) is 4.79 Å². The lowest BCUT2D eigenvalue weighted by Gasteiger charge is -2.10. The Morgan fingerprint density at radius 3 is 2.16 bits per heavy atom. The number of hydrogen-bond acceptors (Lipinski definition) is 4. The van der Waals surface area contributed by atoms with Crippen LogP contribution in [0.15, 0.2) is 42.5 Å². The summed E-state index contributed by atoms with van der Waals surface area (Å²) in [5, 5.41) is 8.58. The van der Waals surface area contributed by atoms with Gasteiger partial charge in [-0.15, -0.1) is 0 Å². The Bertz CT molecular complexity index is 678.